The second-order valence-corrected chi connectivity index (χ2v) is 6.41. The maximum absolute atomic E-state index is 10.3. The lowest BCUT2D eigenvalue weighted by Crippen LogP contribution is -2.10. The van der Waals surface area contributed by atoms with Gasteiger partial charge in [0.1, 0.15) is 6.10 Å². The largest absolute Gasteiger partial charge is 0.478 e. The molecule has 1 fully saturated rings. The minimum absolute atomic E-state index is 0.0850. The number of hydrogen-bond donors (Lipinski definition) is 2. The zero-order valence-electron chi connectivity index (χ0n) is 14.8. The minimum Gasteiger partial charge on any atom is -0.478 e. The molecule has 24 heavy (non-hydrogen) atoms. The SMILES string of the molecule is CCCCCCCCCC(O)CC1OC1C=CC=CC=CC(=O)O. The Morgan fingerprint density at radius 2 is 1.71 bits per heavy atom. The van der Waals surface area contributed by atoms with Crippen LogP contribution in [0, 0.1) is 0 Å². The van der Waals surface area contributed by atoms with Crippen molar-refractivity contribution >= 4 is 5.97 Å². The van der Waals surface area contributed by atoms with E-state index < -0.39 is 5.97 Å². The van der Waals surface area contributed by atoms with E-state index in [1.54, 1.807) is 12.2 Å². The Hall–Kier alpha value is -1.39. The summed E-state index contributed by atoms with van der Waals surface area (Å²) in [5, 5.41) is 18.5. The van der Waals surface area contributed by atoms with E-state index in [0.29, 0.717) is 6.42 Å². The number of hydrogen-bond acceptors (Lipinski definition) is 3. The molecule has 0 aromatic carbocycles. The lowest BCUT2D eigenvalue weighted by Gasteiger charge is -2.08. The fourth-order valence-corrected chi connectivity index (χ4v) is 2.68. The highest BCUT2D eigenvalue weighted by molar-refractivity contribution is 5.80. The van der Waals surface area contributed by atoms with Gasteiger partial charge in [0.05, 0.1) is 12.2 Å². The van der Waals surface area contributed by atoms with Crippen LogP contribution < -0.4 is 0 Å². The minimum atomic E-state index is -0.954. The van der Waals surface area contributed by atoms with Gasteiger partial charge in [0.25, 0.3) is 0 Å². The molecular weight excluding hydrogens is 304 g/mol. The maximum atomic E-state index is 10.3. The van der Waals surface area contributed by atoms with E-state index in [1.165, 1.54) is 44.6 Å². The predicted molar refractivity (Wildman–Crippen MR) is 97.0 cm³/mol. The first-order chi connectivity index (χ1) is 11.6. The third kappa shape index (κ3) is 11.2. The van der Waals surface area contributed by atoms with Gasteiger partial charge in [-0.05, 0) is 6.42 Å². The van der Waals surface area contributed by atoms with E-state index in [0.717, 1.165) is 18.9 Å². The highest BCUT2D eigenvalue weighted by Gasteiger charge is 2.37. The molecule has 4 heteroatoms. The van der Waals surface area contributed by atoms with Crippen molar-refractivity contribution in [2.45, 2.75) is 83.0 Å². The summed E-state index contributed by atoms with van der Waals surface area (Å²) in [4.78, 5) is 10.3. The predicted octanol–water partition coefficient (Wildman–Crippen LogP) is 4.40. The number of rotatable bonds is 14. The third-order valence-corrected chi connectivity index (χ3v) is 4.14. The zero-order valence-corrected chi connectivity index (χ0v) is 14.8. The van der Waals surface area contributed by atoms with Gasteiger partial charge in [0, 0.05) is 12.5 Å². The van der Waals surface area contributed by atoms with Crippen molar-refractivity contribution in [3.05, 3.63) is 36.5 Å². The van der Waals surface area contributed by atoms with Crippen molar-refractivity contribution in [1.82, 2.24) is 0 Å². The van der Waals surface area contributed by atoms with Gasteiger partial charge in [-0.15, -0.1) is 0 Å². The molecule has 1 saturated heterocycles. The number of aliphatic hydroxyl groups excluding tert-OH is 1. The number of aliphatic carboxylic acids is 1. The van der Waals surface area contributed by atoms with Crippen molar-refractivity contribution in [3.8, 4) is 0 Å². The van der Waals surface area contributed by atoms with Crippen molar-refractivity contribution in [1.29, 1.82) is 0 Å². The molecule has 0 aliphatic carbocycles. The van der Waals surface area contributed by atoms with Gasteiger partial charge in [0.2, 0.25) is 0 Å². The zero-order chi connectivity index (χ0) is 17.6. The number of allylic oxidation sites excluding steroid dienone is 4. The van der Waals surface area contributed by atoms with Crippen LogP contribution in [-0.2, 0) is 9.53 Å². The number of carboxylic acid groups (broad SMARTS) is 1. The van der Waals surface area contributed by atoms with Crippen molar-refractivity contribution in [2.24, 2.45) is 0 Å². The lowest BCUT2D eigenvalue weighted by atomic mass is 10.0. The maximum Gasteiger partial charge on any atom is 0.328 e. The first kappa shape index (κ1) is 20.7. The summed E-state index contributed by atoms with van der Waals surface area (Å²) in [6.07, 6.45) is 20.2. The van der Waals surface area contributed by atoms with E-state index in [4.69, 9.17) is 9.84 Å². The Morgan fingerprint density at radius 1 is 1.04 bits per heavy atom. The van der Waals surface area contributed by atoms with Crippen LogP contribution in [0.2, 0.25) is 0 Å². The molecule has 3 atom stereocenters. The molecule has 4 nitrogen and oxygen atoms in total. The van der Waals surface area contributed by atoms with Crippen LogP contribution in [-0.4, -0.2) is 34.5 Å². The quantitative estimate of drug-likeness (QED) is 0.213. The van der Waals surface area contributed by atoms with E-state index >= 15 is 0 Å². The number of carboxylic acids is 1. The van der Waals surface area contributed by atoms with Crippen LogP contribution in [0.15, 0.2) is 36.5 Å². The second-order valence-electron chi connectivity index (χ2n) is 6.41. The summed E-state index contributed by atoms with van der Waals surface area (Å²) < 4.78 is 5.51. The highest BCUT2D eigenvalue weighted by Crippen LogP contribution is 2.29. The molecule has 0 aromatic rings. The molecule has 0 amide bonds. The third-order valence-electron chi connectivity index (χ3n) is 4.14. The van der Waals surface area contributed by atoms with Crippen LogP contribution in [0.1, 0.15) is 64.7 Å². The molecule has 3 unspecified atom stereocenters. The molecular formula is C20H32O4. The van der Waals surface area contributed by atoms with E-state index in [2.05, 4.69) is 6.92 Å². The molecule has 136 valence electrons. The average Bonchev–Trinajstić information content (AvgIpc) is 3.27. The van der Waals surface area contributed by atoms with Crippen molar-refractivity contribution < 1.29 is 19.7 Å². The molecule has 0 spiro atoms. The molecule has 1 aliphatic rings. The van der Waals surface area contributed by atoms with Crippen LogP contribution in [0.25, 0.3) is 0 Å². The van der Waals surface area contributed by atoms with Gasteiger partial charge in [0.15, 0.2) is 0 Å². The molecule has 1 heterocycles. The fraction of sp³-hybridized carbons (Fsp3) is 0.650. The average molecular weight is 336 g/mol. The summed E-state index contributed by atoms with van der Waals surface area (Å²) in [5.74, 6) is -0.954. The van der Waals surface area contributed by atoms with E-state index in [9.17, 15) is 9.90 Å². The van der Waals surface area contributed by atoms with E-state index in [-0.39, 0.29) is 18.3 Å². The Labute approximate surface area is 145 Å². The Kier molecular flexibility index (Phi) is 11.2. The molecule has 0 radical (unpaired) electrons. The van der Waals surface area contributed by atoms with Crippen LogP contribution in [0.3, 0.4) is 0 Å². The highest BCUT2D eigenvalue weighted by atomic mass is 16.6. The molecule has 1 rings (SSSR count). The smallest absolute Gasteiger partial charge is 0.328 e. The fourth-order valence-electron chi connectivity index (χ4n) is 2.68. The number of carbonyl (C=O) groups is 1. The van der Waals surface area contributed by atoms with Gasteiger partial charge in [-0.3, -0.25) is 0 Å². The van der Waals surface area contributed by atoms with Gasteiger partial charge in [-0.25, -0.2) is 4.79 Å². The number of unbranched alkanes of at least 4 members (excludes halogenated alkanes) is 6. The summed E-state index contributed by atoms with van der Waals surface area (Å²) in [6, 6.07) is 0. The first-order valence-electron chi connectivity index (χ1n) is 9.21. The Bertz CT molecular complexity index is 425. The molecule has 0 aromatic heterocycles. The van der Waals surface area contributed by atoms with Gasteiger partial charge in [-0.1, -0.05) is 82.2 Å². The summed E-state index contributed by atoms with van der Waals surface area (Å²) in [6.45, 7) is 2.23. The van der Waals surface area contributed by atoms with Crippen LogP contribution >= 0.6 is 0 Å². The molecule has 1 aliphatic heterocycles. The van der Waals surface area contributed by atoms with Crippen LogP contribution in [0.4, 0.5) is 0 Å². The van der Waals surface area contributed by atoms with Crippen LogP contribution in [0.5, 0.6) is 0 Å². The van der Waals surface area contributed by atoms with Gasteiger partial charge >= 0.3 is 5.97 Å². The lowest BCUT2D eigenvalue weighted by molar-refractivity contribution is -0.131. The number of ether oxygens (including phenoxy) is 1. The van der Waals surface area contributed by atoms with Gasteiger partial charge < -0.3 is 14.9 Å². The first-order valence-corrected chi connectivity index (χ1v) is 9.21. The van der Waals surface area contributed by atoms with Gasteiger partial charge in [-0.2, -0.15) is 0 Å². The normalized spacial score (nSPS) is 21.9. The number of epoxide rings is 1. The number of aliphatic hydroxyl groups is 1. The van der Waals surface area contributed by atoms with E-state index in [1.807, 2.05) is 12.2 Å². The second kappa shape index (κ2) is 13.0. The van der Waals surface area contributed by atoms with Crippen molar-refractivity contribution in [2.75, 3.05) is 0 Å². The van der Waals surface area contributed by atoms with Crippen molar-refractivity contribution in [3.63, 3.8) is 0 Å². The molecule has 0 bridgehead atoms. The Morgan fingerprint density at radius 3 is 2.42 bits per heavy atom. The standard InChI is InChI=1S/C20H32O4/c1-2-3-4-5-6-7-10-13-17(21)16-19-18(24-19)14-11-8-9-12-15-20(22)23/h8-9,11-12,14-15,17-19,21H,2-7,10,13,16H2,1H3,(H,22,23). The summed E-state index contributed by atoms with van der Waals surface area (Å²) in [5.41, 5.74) is 0. The topological polar surface area (TPSA) is 70.1 Å². The molecule has 0 saturated carbocycles. The monoisotopic (exact) mass is 336 g/mol. The Balaban J connectivity index is 2.01. The molecule has 2 N–H and O–H groups in total. The summed E-state index contributed by atoms with van der Waals surface area (Å²) >= 11 is 0. The summed E-state index contributed by atoms with van der Waals surface area (Å²) in [7, 11) is 0.